The smallest absolute Gasteiger partial charge is 0.162 e. The number of benzene rings is 1. The molecule has 1 heterocycles. The van der Waals surface area contributed by atoms with E-state index in [4.69, 9.17) is 14.0 Å². The zero-order valence-electron chi connectivity index (χ0n) is 9.97. The van der Waals surface area contributed by atoms with Gasteiger partial charge in [0.2, 0.25) is 0 Å². The van der Waals surface area contributed by atoms with Crippen LogP contribution in [-0.2, 0) is 18.0 Å². The van der Waals surface area contributed by atoms with Crippen molar-refractivity contribution in [2.45, 2.75) is 20.1 Å². The van der Waals surface area contributed by atoms with Gasteiger partial charge >= 0.3 is 0 Å². The number of rotatable bonds is 5. The highest BCUT2D eigenvalue weighted by molar-refractivity contribution is 5.27. The van der Waals surface area contributed by atoms with Gasteiger partial charge in [-0.15, -0.1) is 0 Å². The first-order valence-electron chi connectivity index (χ1n) is 5.41. The van der Waals surface area contributed by atoms with Crippen LogP contribution in [0.4, 0.5) is 0 Å². The topological polar surface area (TPSA) is 44.5 Å². The van der Waals surface area contributed by atoms with E-state index in [1.165, 1.54) is 5.56 Å². The van der Waals surface area contributed by atoms with Gasteiger partial charge < -0.3 is 14.0 Å². The van der Waals surface area contributed by atoms with Crippen molar-refractivity contribution in [1.82, 2.24) is 5.16 Å². The van der Waals surface area contributed by atoms with E-state index < -0.39 is 0 Å². The second kappa shape index (κ2) is 5.50. The number of aromatic nitrogens is 1. The Morgan fingerprint density at radius 3 is 2.88 bits per heavy atom. The Bertz CT molecular complexity index is 479. The summed E-state index contributed by atoms with van der Waals surface area (Å²) in [4.78, 5) is 0. The number of hydrogen-bond donors (Lipinski definition) is 0. The number of aryl methyl sites for hydroxylation is 1. The molecule has 4 nitrogen and oxygen atoms in total. The fraction of sp³-hybridized carbons (Fsp3) is 0.308. The largest absolute Gasteiger partial charge is 0.487 e. The monoisotopic (exact) mass is 233 g/mol. The van der Waals surface area contributed by atoms with E-state index in [2.05, 4.69) is 5.16 Å². The normalized spacial score (nSPS) is 10.5. The predicted molar refractivity (Wildman–Crippen MR) is 62.7 cm³/mol. The van der Waals surface area contributed by atoms with Crippen molar-refractivity contribution < 1.29 is 14.0 Å². The van der Waals surface area contributed by atoms with E-state index in [0.717, 1.165) is 11.4 Å². The maximum Gasteiger partial charge on any atom is 0.162 e. The average Bonchev–Trinajstić information content (AvgIpc) is 2.75. The van der Waals surface area contributed by atoms with Crippen molar-refractivity contribution in [3.05, 3.63) is 47.3 Å². The van der Waals surface area contributed by atoms with Gasteiger partial charge in [-0.05, 0) is 24.6 Å². The fourth-order valence-corrected chi connectivity index (χ4v) is 1.50. The summed E-state index contributed by atoms with van der Waals surface area (Å²) >= 11 is 0. The SMILES string of the molecule is COCc1cc(COc2cccc(C)c2)no1. The van der Waals surface area contributed by atoms with Crippen molar-refractivity contribution in [2.75, 3.05) is 7.11 Å². The van der Waals surface area contributed by atoms with Gasteiger partial charge in [0.15, 0.2) is 5.76 Å². The van der Waals surface area contributed by atoms with E-state index in [9.17, 15) is 0 Å². The van der Waals surface area contributed by atoms with E-state index in [1.54, 1.807) is 7.11 Å². The molecule has 90 valence electrons. The molecule has 0 atom stereocenters. The highest BCUT2D eigenvalue weighted by atomic mass is 16.5. The summed E-state index contributed by atoms with van der Waals surface area (Å²) in [5.41, 5.74) is 1.93. The average molecular weight is 233 g/mol. The first-order valence-corrected chi connectivity index (χ1v) is 5.41. The summed E-state index contributed by atoms with van der Waals surface area (Å²) in [6.07, 6.45) is 0. The number of hydrogen-bond acceptors (Lipinski definition) is 4. The molecule has 0 amide bonds. The standard InChI is InChI=1S/C13H15NO3/c1-10-4-3-5-12(6-10)16-8-11-7-13(9-15-2)17-14-11/h3-7H,8-9H2,1-2H3. The van der Waals surface area contributed by atoms with Gasteiger partial charge in [0.1, 0.15) is 24.7 Å². The molecule has 2 aromatic rings. The molecule has 17 heavy (non-hydrogen) atoms. The highest BCUT2D eigenvalue weighted by Crippen LogP contribution is 2.14. The van der Waals surface area contributed by atoms with Gasteiger partial charge in [0.25, 0.3) is 0 Å². The van der Waals surface area contributed by atoms with Crippen molar-refractivity contribution >= 4 is 0 Å². The van der Waals surface area contributed by atoms with Gasteiger partial charge in [0, 0.05) is 13.2 Å². The van der Waals surface area contributed by atoms with Crippen LogP contribution in [0.5, 0.6) is 5.75 Å². The van der Waals surface area contributed by atoms with Gasteiger partial charge in [-0.2, -0.15) is 0 Å². The Hall–Kier alpha value is -1.81. The van der Waals surface area contributed by atoms with Crippen LogP contribution in [0.15, 0.2) is 34.9 Å². The summed E-state index contributed by atoms with van der Waals surface area (Å²) in [5.74, 6) is 1.54. The molecule has 0 aliphatic rings. The summed E-state index contributed by atoms with van der Waals surface area (Å²) in [6.45, 7) is 2.85. The minimum atomic E-state index is 0.399. The highest BCUT2D eigenvalue weighted by Gasteiger charge is 2.04. The first-order chi connectivity index (χ1) is 8.28. The molecule has 0 aliphatic heterocycles. The number of nitrogens with zero attached hydrogens (tertiary/aromatic N) is 1. The number of ether oxygens (including phenoxy) is 2. The van der Waals surface area contributed by atoms with E-state index >= 15 is 0 Å². The lowest BCUT2D eigenvalue weighted by atomic mass is 10.2. The Balaban J connectivity index is 1.93. The molecule has 0 unspecified atom stereocenters. The van der Waals surface area contributed by atoms with Gasteiger partial charge in [0.05, 0.1) is 0 Å². The molecule has 0 saturated carbocycles. The molecule has 1 aromatic heterocycles. The molecule has 4 heteroatoms. The third-order valence-electron chi connectivity index (χ3n) is 2.27. The summed E-state index contributed by atoms with van der Waals surface area (Å²) < 4.78 is 15.6. The second-order valence-electron chi connectivity index (χ2n) is 3.82. The van der Waals surface area contributed by atoms with Crippen LogP contribution in [0.3, 0.4) is 0 Å². The Morgan fingerprint density at radius 1 is 1.24 bits per heavy atom. The molecule has 0 N–H and O–H groups in total. The minimum Gasteiger partial charge on any atom is -0.487 e. The molecule has 0 fully saturated rings. The maximum absolute atomic E-state index is 5.60. The molecule has 0 radical (unpaired) electrons. The summed E-state index contributed by atoms with van der Waals surface area (Å²) in [6, 6.07) is 9.72. The molecule has 1 aromatic carbocycles. The molecule has 0 saturated heterocycles. The van der Waals surface area contributed by atoms with Gasteiger partial charge in [-0.1, -0.05) is 17.3 Å². The number of methoxy groups -OCH3 is 1. The molecule has 0 spiro atoms. The van der Waals surface area contributed by atoms with Crippen molar-refractivity contribution in [3.63, 3.8) is 0 Å². The van der Waals surface area contributed by atoms with E-state index in [1.807, 2.05) is 37.3 Å². The van der Waals surface area contributed by atoms with Crippen LogP contribution in [0.2, 0.25) is 0 Å². The van der Waals surface area contributed by atoms with Crippen molar-refractivity contribution in [3.8, 4) is 5.75 Å². The van der Waals surface area contributed by atoms with Crippen molar-refractivity contribution in [2.24, 2.45) is 0 Å². The van der Waals surface area contributed by atoms with Crippen LogP contribution in [0.25, 0.3) is 0 Å². The molecular weight excluding hydrogens is 218 g/mol. The lowest BCUT2D eigenvalue weighted by Gasteiger charge is -2.03. The molecule has 2 rings (SSSR count). The second-order valence-corrected chi connectivity index (χ2v) is 3.82. The quantitative estimate of drug-likeness (QED) is 0.796. The lowest BCUT2D eigenvalue weighted by Crippen LogP contribution is -1.95. The summed E-state index contributed by atoms with van der Waals surface area (Å²) in [7, 11) is 1.62. The van der Waals surface area contributed by atoms with E-state index in [0.29, 0.717) is 19.0 Å². The van der Waals surface area contributed by atoms with E-state index in [-0.39, 0.29) is 0 Å². The Morgan fingerprint density at radius 2 is 2.12 bits per heavy atom. The van der Waals surface area contributed by atoms with Crippen LogP contribution in [-0.4, -0.2) is 12.3 Å². The van der Waals surface area contributed by atoms with Crippen LogP contribution in [0, 0.1) is 6.92 Å². The zero-order valence-corrected chi connectivity index (χ0v) is 9.97. The van der Waals surface area contributed by atoms with Crippen LogP contribution >= 0.6 is 0 Å². The predicted octanol–water partition coefficient (Wildman–Crippen LogP) is 2.71. The van der Waals surface area contributed by atoms with Crippen LogP contribution < -0.4 is 4.74 Å². The lowest BCUT2D eigenvalue weighted by molar-refractivity contribution is 0.155. The minimum absolute atomic E-state index is 0.399. The molecule has 0 bridgehead atoms. The summed E-state index contributed by atoms with van der Waals surface area (Å²) in [5, 5.41) is 3.89. The van der Waals surface area contributed by atoms with Crippen molar-refractivity contribution in [1.29, 1.82) is 0 Å². The third kappa shape index (κ3) is 3.32. The van der Waals surface area contributed by atoms with Gasteiger partial charge in [-0.3, -0.25) is 0 Å². The zero-order chi connectivity index (χ0) is 12.1. The Kier molecular flexibility index (Phi) is 3.77. The fourth-order valence-electron chi connectivity index (χ4n) is 1.50. The van der Waals surface area contributed by atoms with Crippen LogP contribution in [0.1, 0.15) is 17.0 Å². The molecular formula is C13H15NO3. The first kappa shape index (κ1) is 11.7. The molecule has 0 aliphatic carbocycles. The van der Waals surface area contributed by atoms with Gasteiger partial charge in [-0.25, -0.2) is 0 Å². The third-order valence-corrected chi connectivity index (χ3v) is 2.27. The maximum atomic E-state index is 5.60. The Labute approximate surface area is 100 Å².